The molecule has 0 aliphatic heterocycles. The van der Waals surface area contributed by atoms with Crippen molar-refractivity contribution in [1.29, 1.82) is 0 Å². The molecule has 4 rings (SSSR count). The maximum Gasteiger partial charge on any atom is 0.253 e. The van der Waals surface area contributed by atoms with Crippen molar-refractivity contribution >= 4 is 28.2 Å². The van der Waals surface area contributed by atoms with Crippen LogP contribution in [0.3, 0.4) is 0 Å². The summed E-state index contributed by atoms with van der Waals surface area (Å²) < 4.78 is 16.2. The van der Waals surface area contributed by atoms with Gasteiger partial charge in [0.15, 0.2) is 16.6 Å². The van der Waals surface area contributed by atoms with E-state index in [9.17, 15) is 4.79 Å². The van der Waals surface area contributed by atoms with Crippen LogP contribution < -0.4 is 20.3 Å². The minimum atomic E-state index is -0.128. The van der Waals surface area contributed by atoms with Crippen molar-refractivity contribution in [2.24, 2.45) is 0 Å². The number of thiocarbonyl (C=S) groups is 1. The van der Waals surface area contributed by atoms with Crippen LogP contribution in [0.15, 0.2) is 45.8 Å². The summed E-state index contributed by atoms with van der Waals surface area (Å²) in [6, 6.07) is 9.65. The van der Waals surface area contributed by atoms with Crippen LogP contribution in [-0.4, -0.2) is 35.3 Å². The van der Waals surface area contributed by atoms with Gasteiger partial charge in [0.2, 0.25) is 0 Å². The van der Waals surface area contributed by atoms with Crippen molar-refractivity contribution in [3.8, 4) is 11.5 Å². The molecule has 0 bridgehead atoms. The van der Waals surface area contributed by atoms with Crippen LogP contribution in [0, 0.1) is 0 Å². The van der Waals surface area contributed by atoms with Crippen LogP contribution in [-0.2, 0) is 13.1 Å². The van der Waals surface area contributed by atoms with Crippen LogP contribution in [0.4, 0.5) is 0 Å². The lowest BCUT2D eigenvalue weighted by atomic mass is 10.1. The Morgan fingerprint density at radius 3 is 2.65 bits per heavy atom. The van der Waals surface area contributed by atoms with E-state index >= 15 is 0 Å². The van der Waals surface area contributed by atoms with Gasteiger partial charge >= 0.3 is 0 Å². The summed E-state index contributed by atoms with van der Waals surface area (Å²) in [6.07, 6.45) is 6.13. The summed E-state index contributed by atoms with van der Waals surface area (Å²) in [5.74, 6) is 2.02. The molecule has 0 saturated heterocycles. The highest BCUT2D eigenvalue weighted by Gasteiger charge is 2.26. The number of rotatable bonds is 7. The molecule has 1 aliphatic carbocycles. The molecule has 0 radical (unpaired) electrons. The summed E-state index contributed by atoms with van der Waals surface area (Å²) in [5.41, 5.74) is 1.24. The van der Waals surface area contributed by atoms with Crippen LogP contribution in [0.1, 0.15) is 37.0 Å². The number of hydrogen-bond donors (Lipinski definition) is 2. The molecule has 1 fully saturated rings. The minimum absolute atomic E-state index is 0.128. The molecule has 1 saturated carbocycles. The van der Waals surface area contributed by atoms with E-state index in [2.05, 4.69) is 15.2 Å². The topological polar surface area (TPSA) is 79.7 Å². The summed E-state index contributed by atoms with van der Waals surface area (Å²) >= 11 is 5.72. The third-order valence-electron chi connectivity index (χ3n) is 5.79. The molecule has 7 nitrogen and oxygen atoms in total. The standard InChI is InChI=1S/C23H27N3O4S/c1-28-20-11-15-10-16(22(27)25-19(15)12-21(20)29-2)14-26(17-6-3-4-7-17)23(31)24-13-18-8-5-9-30-18/h5,8-12,17H,3-4,6-7,13-14H2,1-2H3,(H,24,31)(H,25,27). The van der Waals surface area contributed by atoms with Crippen molar-refractivity contribution in [1.82, 2.24) is 15.2 Å². The van der Waals surface area contributed by atoms with Gasteiger partial charge in [0, 0.05) is 23.1 Å². The highest BCUT2D eigenvalue weighted by molar-refractivity contribution is 7.80. The van der Waals surface area contributed by atoms with Gasteiger partial charge in [0.05, 0.1) is 39.1 Å². The van der Waals surface area contributed by atoms with E-state index in [0.29, 0.717) is 46.8 Å². The first-order chi connectivity index (χ1) is 15.1. The molecular weight excluding hydrogens is 414 g/mol. The Labute approximate surface area is 186 Å². The van der Waals surface area contributed by atoms with Crippen molar-refractivity contribution in [3.05, 3.63) is 58.3 Å². The van der Waals surface area contributed by atoms with Gasteiger partial charge < -0.3 is 29.1 Å². The average Bonchev–Trinajstić information content (AvgIpc) is 3.49. The third kappa shape index (κ3) is 4.69. The molecule has 0 unspecified atom stereocenters. The molecule has 2 aromatic heterocycles. The number of nitrogens with zero attached hydrogens (tertiary/aromatic N) is 1. The number of fused-ring (bicyclic) bond motifs is 1. The maximum atomic E-state index is 12.9. The van der Waals surface area contributed by atoms with Gasteiger partial charge in [0.1, 0.15) is 5.76 Å². The summed E-state index contributed by atoms with van der Waals surface area (Å²) in [5, 5.41) is 4.80. The Kier molecular flexibility index (Phi) is 6.46. The molecule has 0 spiro atoms. The fourth-order valence-corrected chi connectivity index (χ4v) is 4.43. The van der Waals surface area contributed by atoms with Crippen LogP contribution >= 0.6 is 12.2 Å². The number of H-pyrrole nitrogens is 1. The second-order valence-electron chi connectivity index (χ2n) is 7.72. The van der Waals surface area contributed by atoms with Crippen molar-refractivity contribution in [3.63, 3.8) is 0 Å². The number of methoxy groups -OCH3 is 2. The first kappa shape index (κ1) is 21.2. The molecule has 164 valence electrons. The van der Waals surface area contributed by atoms with Gasteiger partial charge in [-0.05, 0) is 49.3 Å². The molecule has 0 amide bonds. The zero-order valence-corrected chi connectivity index (χ0v) is 18.6. The van der Waals surface area contributed by atoms with Crippen LogP contribution in [0.5, 0.6) is 11.5 Å². The fourth-order valence-electron chi connectivity index (χ4n) is 4.14. The quantitative estimate of drug-likeness (QED) is 0.537. The number of ether oxygens (including phenoxy) is 2. The number of hydrogen-bond acceptors (Lipinski definition) is 5. The lowest BCUT2D eigenvalue weighted by Crippen LogP contribution is -2.45. The zero-order chi connectivity index (χ0) is 21.8. The minimum Gasteiger partial charge on any atom is -0.493 e. The molecular formula is C23H27N3O4S. The predicted octanol–water partition coefficient (Wildman–Crippen LogP) is 3.96. The van der Waals surface area contributed by atoms with Gasteiger partial charge in [-0.25, -0.2) is 0 Å². The van der Waals surface area contributed by atoms with Gasteiger partial charge in [0.25, 0.3) is 5.56 Å². The lowest BCUT2D eigenvalue weighted by molar-refractivity contribution is 0.301. The maximum absolute atomic E-state index is 12.9. The van der Waals surface area contributed by atoms with E-state index in [0.717, 1.165) is 24.0 Å². The SMILES string of the molecule is COc1cc2cc(CN(C(=S)NCc3ccco3)C3CCCC3)c(=O)[nH]c2cc1OC. The monoisotopic (exact) mass is 441 g/mol. The first-order valence-corrected chi connectivity index (χ1v) is 10.8. The smallest absolute Gasteiger partial charge is 0.253 e. The van der Waals surface area contributed by atoms with Crippen molar-refractivity contribution < 1.29 is 13.9 Å². The Hall–Kier alpha value is -3.00. The van der Waals surface area contributed by atoms with Gasteiger partial charge in [-0.15, -0.1) is 0 Å². The average molecular weight is 442 g/mol. The molecule has 8 heteroatoms. The zero-order valence-electron chi connectivity index (χ0n) is 17.8. The number of pyridine rings is 1. The Bertz CT molecular complexity index is 1100. The van der Waals surface area contributed by atoms with E-state index < -0.39 is 0 Å². The largest absolute Gasteiger partial charge is 0.493 e. The predicted molar refractivity (Wildman–Crippen MR) is 124 cm³/mol. The Morgan fingerprint density at radius 1 is 1.23 bits per heavy atom. The molecule has 31 heavy (non-hydrogen) atoms. The van der Waals surface area contributed by atoms with Crippen LogP contribution in [0.2, 0.25) is 0 Å². The molecule has 2 N–H and O–H groups in total. The first-order valence-electron chi connectivity index (χ1n) is 10.4. The number of aromatic amines is 1. The second-order valence-corrected chi connectivity index (χ2v) is 8.11. The molecule has 0 atom stereocenters. The summed E-state index contributed by atoms with van der Waals surface area (Å²) in [4.78, 5) is 18.0. The number of aromatic nitrogens is 1. The van der Waals surface area contributed by atoms with Gasteiger partial charge in [-0.2, -0.15) is 0 Å². The molecule has 1 aromatic carbocycles. The van der Waals surface area contributed by atoms with Crippen molar-refractivity contribution in [2.75, 3.05) is 14.2 Å². The summed E-state index contributed by atoms with van der Waals surface area (Å²) in [6.45, 7) is 0.953. The normalized spacial score (nSPS) is 14.0. The van der Waals surface area contributed by atoms with Gasteiger partial charge in [-0.1, -0.05) is 12.8 Å². The van der Waals surface area contributed by atoms with E-state index in [1.807, 2.05) is 24.3 Å². The van der Waals surface area contributed by atoms with Crippen molar-refractivity contribution in [2.45, 2.75) is 44.8 Å². The molecule has 3 aromatic rings. The highest BCUT2D eigenvalue weighted by atomic mass is 32.1. The summed E-state index contributed by atoms with van der Waals surface area (Å²) in [7, 11) is 3.17. The number of nitrogens with one attached hydrogen (secondary N) is 2. The van der Waals surface area contributed by atoms with E-state index in [4.69, 9.17) is 26.1 Å². The Morgan fingerprint density at radius 2 is 1.97 bits per heavy atom. The van der Waals surface area contributed by atoms with E-state index in [-0.39, 0.29) is 5.56 Å². The number of furan rings is 1. The van der Waals surface area contributed by atoms with E-state index in [1.165, 1.54) is 12.8 Å². The molecule has 2 heterocycles. The molecule has 1 aliphatic rings. The Balaban J connectivity index is 1.61. The van der Waals surface area contributed by atoms with Crippen LogP contribution in [0.25, 0.3) is 10.9 Å². The lowest BCUT2D eigenvalue weighted by Gasteiger charge is -2.31. The second kappa shape index (κ2) is 9.43. The van der Waals surface area contributed by atoms with Gasteiger partial charge in [-0.3, -0.25) is 4.79 Å². The fraction of sp³-hybridized carbons (Fsp3) is 0.391. The third-order valence-corrected chi connectivity index (χ3v) is 6.17. The van der Waals surface area contributed by atoms with E-state index in [1.54, 1.807) is 26.5 Å². The number of benzene rings is 1. The highest BCUT2D eigenvalue weighted by Crippen LogP contribution is 2.31.